The van der Waals surface area contributed by atoms with E-state index in [0.29, 0.717) is 13.0 Å². The first-order valence-electron chi connectivity index (χ1n) is 18.3. The summed E-state index contributed by atoms with van der Waals surface area (Å²) in [6, 6.07) is 4.35. The van der Waals surface area contributed by atoms with Crippen molar-refractivity contribution in [3.8, 4) is 18.1 Å². The zero-order valence-electron chi connectivity index (χ0n) is 31.6. The van der Waals surface area contributed by atoms with Crippen LogP contribution in [0.2, 0.25) is 0 Å². The molecule has 4 N–H and O–H groups in total. The molecule has 51 heavy (non-hydrogen) atoms. The summed E-state index contributed by atoms with van der Waals surface area (Å²) in [5.74, 6) is 0.478. The number of Topliss-reactive ketones (excluding diaryl/α,β-unsaturated/α-hetero) is 1. The van der Waals surface area contributed by atoms with Crippen molar-refractivity contribution >= 4 is 29.5 Å². The predicted octanol–water partition coefficient (Wildman–Crippen LogP) is 4.54. The average molecular weight is 706 g/mol. The molecule has 1 aromatic rings. The van der Waals surface area contributed by atoms with E-state index in [1.807, 2.05) is 65.8 Å². The number of ketones is 1. The van der Waals surface area contributed by atoms with Crippen LogP contribution in [0.25, 0.3) is 0 Å². The molecule has 0 bridgehead atoms. The maximum atomic E-state index is 14.6. The molecule has 5 amide bonds. The fraction of sp³-hybridized carbons (Fsp3) is 0.625. The molecule has 2 aliphatic rings. The second-order valence-corrected chi connectivity index (χ2v) is 15.6. The van der Waals surface area contributed by atoms with Crippen molar-refractivity contribution < 1.29 is 28.7 Å². The topological polar surface area (TPSA) is 146 Å². The van der Waals surface area contributed by atoms with Crippen molar-refractivity contribution in [2.45, 2.75) is 117 Å². The molecule has 1 aliphatic carbocycles. The van der Waals surface area contributed by atoms with Crippen LogP contribution in [0.15, 0.2) is 36.9 Å². The van der Waals surface area contributed by atoms with Crippen LogP contribution in [0.3, 0.4) is 0 Å². The summed E-state index contributed by atoms with van der Waals surface area (Å²) in [6.45, 7) is 15.6. The Kier molecular flexibility index (Phi) is 14.7. The van der Waals surface area contributed by atoms with Gasteiger partial charge in [-0.2, -0.15) is 0 Å². The van der Waals surface area contributed by atoms with Crippen LogP contribution in [-0.2, 0) is 25.6 Å². The molecule has 1 heterocycles. The largest absolute Gasteiger partial charge is 0.497 e. The van der Waals surface area contributed by atoms with Gasteiger partial charge in [0.15, 0.2) is 0 Å². The zero-order valence-corrected chi connectivity index (χ0v) is 31.6. The van der Waals surface area contributed by atoms with Crippen molar-refractivity contribution in [3.63, 3.8) is 0 Å². The SMILES string of the molecule is C#CCCC(NC(=O)[C@@H]1C(C)[C@@H](C(C)C)CN1C(=O)[C@@H](NC(=O)NC1(Cc2cccc(OC)c2)CCCCC1)C(C)(C)C)C(=O)C(=O)NCC=C. The van der Waals surface area contributed by atoms with Crippen LogP contribution < -0.4 is 26.0 Å². The first-order chi connectivity index (χ1) is 24.1. The Morgan fingerprint density at radius 1 is 1.12 bits per heavy atom. The van der Waals surface area contributed by atoms with Crippen LogP contribution in [0, 0.1) is 35.5 Å². The van der Waals surface area contributed by atoms with Gasteiger partial charge >= 0.3 is 6.03 Å². The van der Waals surface area contributed by atoms with Crippen LogP contribution in [-0.4, -0.2) is 78.3 Å². The summed E-state index contributed by atoms with van der Waals surface area (Å²) < 4.78 is 5.44. The van der Waals surface area contributed by atoms with Gasteiger partial charge in [0.1, 0.15) is 17.8 Å². The summed E-state index contributed by atoms with van der Waals surface area (Å²) >= 11 is 0. The van der Waals surface area contributed by atoms with Crippen molar-refractivity contribution in [3.05, 3.63) is 42.5 Å². The quantitative estimate of drug-likeness (QED) is 0.120. The molecule has 1 aromatic carbocycles. The van der Waals surface area contributed by atoms with Crippen molar-refractivity contribution in [2.24, 2.45) is 23.2 Å². The van der Waals surface area contributed by atoms with E-state index in [1.54, 1.807) is 12.0 Å². The molecule has 0 radical (unpaired) electrons. The summed E-state index contributed by atoms with van der Waals surface area (Å²) in [7, 11) is 1.63. The average Bonchev–Trinajstić information content (AvgIpc) is 3.44. The van der Waals surface area contributed by atoms with Gasteiger partial charge in [0.05, 0.1) is 13.2 Å². The molecule has 11 heteroatoms. The molecule has 1 aliphatic heterocycles. The molecule has 11 nitrogen and oxygen atoms in total. The Morgan fingerprint density at radius 3 is 2.39 bits per heavy atom. The Morgan fingerprint density at radius 2 is 1.80 bits per heavy atom. The fourth-order valence-electron chi connectivity index (χ4n) is 7.58. The van der Waals surface area contributed by atoms with Crippen LogP contribution in [0.1, 0.15) is 92.1 Å². The molecular formula is C40H59N5O6. The molecule has 2 unspecified atom stereocenters. The van der Waals surface area contributed by atoms with Gasteiger partial charge in [-0.25, -0.2) is 4.79 Å². The predicted molar refractivity (Wildman–Crippen MR) is 199 cm³/mol. The number of benzene rings is 1. The third-order valence-electron chi connectivity index (χ3n) is 10.4. The Balaban J connectivity index is 1.89. The van der Waals surface area contributed by atoms with Gasteiger partial charge in [0, 0.05) is 25.0 Å². The Labute approximate surface area is 304 Å². The van der Waals surface area contributed by atoms with Crippen LogP contribution in [0.5, 0.6) is 5.75 Å². The number of carbonyl (C=O) groups excluding carboxylic acids is 5. The maximum Gasteiger partial charge on any atom is 0.315 e. The first kappa shape index (κ1) is 41.1. The highest BCUT2D eigenvalue weighted by Gasteiger charge is 2.50. The lowest BCUT2D eigenvalue weighted by Crippen LogP contribution is -2.62. The van der Waals surface area contributed by atoms with E-state index in [9.17, 15) is 24.0 Å². The van der Waals surface area contributed by atoms with Gasteiger partial charge in [-0.3, -0.25) is 19.2 Å². The lowest BCUT2D eigenvalue weighted by atomic mass is 9.77. The molecule has 0 spiro atoms. The smallest absolute Gasteiger partial charge is 0.315 e. The maximum absolute atomic E-state index is 14.6. The summed E-state index contributed by atoms with van der Waals surface area (Å²) in [5, 5.41) is 11.5. The lowest BCUT2D eigenvalue weighted by molar-refractivity contribution is -0.144. The highest BCUT2D eigenvalue weighted by molar-refractivity contribution is 6.38. The number of terminal acetylenes is 1. The number of likely N-dealkylation sites (tertiary alicyclic amines) is 1. The van der Waals surface area contributed by atoms with Crippen molar-refractivity contribution in [1.29, 1.82) is 0 Å². The molecule has 5 atom stereocenters. The van der Waals surface area contributed by atoms with Crippen molar-refractivity contribution in [2.75, 3.05) is 20.2 Å². The van der Waals surface area contributed by atoms with Gasteiger partial charge in [-0.1, -0.05) is 79.0 Å². The standard InChI is InChI=1S/C40H59N5O6/c1-10-12-19-31(33(46)36(48)41-22-11-2)42-35(47)32-27(5)30(26(3)4)25-45(32)37(49)34(39(6,7)8)43-38(50)44-40(20-14-13-15-21-40)24-28-17-16-18-29(23-28)51-9/h1,11,16-18,23,26-27,30-32,34H,2,12-15,19-22,24-25H2,3-9H3,(H,41,48)(H,42,47)(H2,43,44,50)/t27?,30-,31?,32+,34-/m1/s1. The van der Waals surface area contributed by atoms with Crippen LogP contribution >= 0.6 is 0 Å². The Hall–Kier alpha value is -4.33. The summed E-state index contributed by atoms with van der Waals surface area (Å²) in [4.78, 5) is 69.9. The van der Waals surface area contributed by atoms with Crippen molar-refractivity contribution in [1.82, 2.24) is 26.2 Å². The Bertz CT molecular complexity index is 1450. The molecule has 280 valence electrons. The number of rotatable bonds is 15. The minimum absolute atomic E-state index is 0.0248. The van der Waals surface area contributed by atoms with E-state index in [4.69, 9.17) is 11.2 Å². The molecule has 2 fully saturated rings. The molecular weight excluding hydrogens is 646 g/mol. The van der Waals surface area contributed by atoms with E-state index in [-0.39, 0.29) is 43.0 Å². The number of urea groups is 1. The van der Waals surface area contributed by atoms with E-state index < -0.39 is 52.7 Å². The number of hydrogen-bond acceptors (Lipinski definition) is 6. The minimum atomic E-state index is -1.17. The van der Waals surface area contributed by atoms with Crippen LogP contribution in [0.4, 0.5) is 4.79 Å². The third-order valence-corrected chi connectivity index (χ3v) is 10.4. The van der Waals surface area contributed by atoms with E-state index in [2.05, 4.69) is 33.8 Å². The number of amides is 5. The normalized spacial score (nSPS) is 21.1. The second kappa shape index (κ2) is 18.2. The molecule has 1 saturated heterocycles. The molecule has 3 rings (SSSR count). The monoisotopic (exact) mass is 705 g/mol. The van der Waals surface area contributed by atoms with E-state index in [1.165, 1.54) is 6.08 Å². The number of carbonyl (C=O) groups is 5. The highest BCUT2D eigenvalue weighted by Crippen LogP contribution is 2.37. The zero-order chi connectivity index (χ0) is 37.9. The third kappa shape index (κ3) is 10.8. The van der Waals surface area contributed by atoms with E-state index in [0.717, 1.165) is 43.4 Å². The highest BCUT2D eigenvalue weighted by atomic mass is 16.5. The van der Waals surface area contributed by atoms with Gasteiger partial charge in [-0.15, -0.1) is 18.9 Å². The number of nitrogens with one attached hydrogen (secondary N) is 4. The van der Waals surface area contributed by atoms with Gasteiger partial charge < -0.3 is 30.9 Å². The first-order valence-corrected chi connectivity index (χ1v) is 18.3. The summed E-state index contributed by atoms with van der Waals surface area (Å²) in [6.07, 6.45) is 12.4. The van der Waals surface area contributed by atoms with Gasteiger partial charge in [0.2, 0.25) is 17.6 Å². The summed E-state index contributed by atoms with van der Waals surface area (Å²) in [5.41, 5.74) is -0.155. The molecule has 1 saturated carbocycles. The number of nitrogens with zero attached hydrogens (tertiary/aromatic N) is 1. The van der Waals surface area contributed by atoms with E-state index >= 15 is 0 Å². The lowest BCUT2D eigenvalue weighted by Gasteiger charge is -2.40. The number of methoxy groups -OCH3 is 1. The number of hydrogen-bond donors (Lipinski definition) is 4. The fourth-order valence-corrected chi connectivity index (χ4v) is 7.58. The second-order valence-electron chi connectivity index (χ2n) is 15.6. The van der Waals surface area contributed by atoms with Gasteiger partial charge in [-0.05, 0) is 66.5 Å². The number of ether oxygens (including phenoxy) is 1. The van der Waals surface area contributed by atoms with Gasteiger partial charge in [0.25, 0.3) is 5.91 Å². The molecule has 0 aromatic heterocycles. The minimum Gasteiger partial charge on any atom is -0.497 e.